The van der Waals surface area contributed by atoms with Crippen molar-refractivity contribution < 1.29 is 9.13 Å². The molecule has 0 saturated heterocycles. The van der Waals surface area contributed by atoms with Crippen LogP contribution < -0.4 is 10.5 Å². The van der Waals surface area contributed by atoms with Gasteiger partial charge in [-0.15, -0.1) is 0 Å². The lowest BCUT2D eigenvalue weighted by Gasteiger charge is -2.33. The smallest absolute Gasteiger partial charge is 0.169 e. The van der Waals surface area contributed by atoms with Gasteiger partial charge in [0, 0.05) is 17.0 Å². The molecule has 0 bridgehead atoms. The molecule has 20 heavy (non-hydrogen) atoms. The van der Waals surface area contributed by atoms with Crippen molar-refractivity contribution in [1.82, 2.24) is 0 Å². The molecule has 3 heteroatoms. The highest BCUT2D eigenvalue weighted by Crippen LogP contribution is 2.37. The summed E-state index contributed by atoms with van der Waals surface area (Å²) in [6, 6.07) is 14.5. The molecule has 2 rings (SSSR count). The normalized spacial score (nSPS) is 13.1. The van der Waals surface area contributed by atoms with Crippen molar-refractivity contribution in [3.63, 3.8) is 0 Å². The first-order valence-corrected chi connectivity index (χ1v) is 6.62. The van der Waals surface area contributed by atoms with E-state index in [4.69, 9.17) is 10.5 Å². The number of halogens is 1. The van der Waals surface area contributed by atoms with Gasteiger partial charge in [0.1, 0.15) is 0 Å². The second kappa shape index (κ2) is 5.63. The van der Waals surface area contributed by atoms with Gasteiger partial charge in [0.15, 0.2) is 11.6 Å². The molecule has 0 amide bonds. The van der Waals surface area contributed by atoms with Crippen LogP contribution in [0.1, 0.15) is 31.0 Å². The topological polar surface area (TPSA) is 35.2 Å². The van der Waals surface area contributed by atoms with E-state index >= 15 is 0 Å². The Morgan fingerprint density at radius 1 is 1.05 bits per heavy atom. The number of hydrogen-bond donors (Lipinski definition) is 1. The summed E-state index contributed by atoms with van der Waals surface area (Å²) in [4.78, 5) is 0. The van der Waals surface area contributed by atoms with Crippen molar-refractivity contribution in [3.8, 4) is 5.75 Å². The Bertz CT molecular complexity index is 581. The molecule has 2 nitrogen and oxygen atoms in total. The number of rotatable bonds is 4. The van der Waals surface area contributed by atoms with Gasteiger partial charge in [-0.2, -0.15) is 0 Å². The number of hydrogen-bond acceptors (Lipinski definition) is 2. The van der Waals surface area contributed by atoms with Gasteiger partial charge in [-0.05, 0) is 11.6 Å². The van der Waals surface area contributed by atoms with Crippen LogP contribution in [0.4, 0.5) is 4.39 Å². The highest BCUT2D eigenvalue weighted by Gasteiger charge is 2.32. The largest absolute Gasteiger partial charge is 0.494 e. The average molecular weight is 273 g/mol. The first kappa shape index (κ1) is 14.5. The third-order valence-electron chi connectivity index (χ3n) is 3.84. The van der Waals surface area contributed by atoms with Gasteiger partial charge in [0.2, 0.25) is 0 Å². The summed E-state index contributed by atoms with van der Waals surface area (Å²) >= 11 is 0. The predicted molar refractivity (Wildman–Crippen MR) is 79.3 cm³/mol. The first-order chi connectivity index (χ1) is 9.48. The fraction of sp³-hybridized carbons (Fsp3) is 0.294. The van der Waals surface area contributed by atoms with Crippen molar-refractivity contribution in [3.05, 3.63) is 65.5 Å². The predicted octanol–water partition coefficient (Wildman–Crippen LogP) is 3.81. The molecule has 0 radical (unpaired) electrons. The van der Waals surface area contributed by atoms with Crippen molar-refractivity contribution in [2.45, 2.75) is 25.3 Å². The minimum Gasteiger partial charge on any atom is -0.494 e. The Balaban J connectivity index is 2.43. The molecular weight excluding hydrogens is 253 g/mol. The van der Waals surface area contributed by atoms with E-state index in [1.54, 1.807) is 18.2 Å². The van der Waals surface area contributed by atoms with Crippen molar-refractivity contribution in [2.75, 3.05) is 7.11 Å². The molecule has 2 aromatic rings. The summed E-state index contributed by atoms with van der Waals surface area (Å²) in [5.74, 6) is -0.159. The van der Waals surface area contributed by atoms with Crippen LogP contribution in [-0.4, -0.2) is 7.11 Å². The zero-order chi connectivity index (χ0) is 14.8. The Kier molecular flexibility index (Phi) is 4.09. The number of nitrogens with two attached hydrogens (primary N) is 1. The summed E-state index contributed by atoms with van der Waals surface area (Å²) < 4.78 is 19.4. The summed E-state index contributed by atoms with van der Waals surface area (Å²) in [6.07, 6.45) is 0. The Hall–Kier alpha value is -1.87. The van der Waals surface area contributed by atoms with E-state index in [0.29, 0.717) is 5.56 Å². The molecule has 0 spiro atoms. The van der Waals surface area contributed by atoms with E-state index in [-0.39, 0.29) is 17.0 Å². The molecule has 0 aliphatic carbocycles. The van der Waals surface area contributed by atoms with Crippen molar-refractivity contribution >= 4 is 0 Å². The Morgan fingerprint density at radius 2 is 1.70 bits per heavy atom. The third kappa shape index (κ3) is 2.54. The molecule has 106 valence electrons. The van der Waals surface area contributed by atoms with Gasteiger partial charge in [-0.1, -0.05) is 56.3 Å². The van der Waals surface area contributed by atoms with Crippen LogP contribution in [0.5, 0.6) is 5.75 Å². The monoisotopic (exact) mass is 273 g/mol. The molecule has 0 saturated carbocycles. The molecule has 0 fully saturated rings. The molecule has 2 N–H and O–H groups in total. The maximum Gasteiger partial charge on any atom is 0.169 e. The molecule has 1 atom stereocenters. The van der Waals surface area contributed by atoms with E-state index in [0.717, 1.165) is 5.56 Å². The second-order valence-corrected chi connectivity index (χ2v) is 5.43. The van der Waals surface area contributed by atoms with Gasteiger partial charge in [-0.25, -0.2) is 4.39 Å². The SMILES string of the molecule is COc1cccc(C(N)C(C)(C)c2ccccc2)c1F. The van der Waals surface area contributed by atoms with Crippen molar-refractivity contribution in [1.29, 1.82) is 0 Å². The van der Waals surface area contributed by atoms with E-state index in [9.17, 15) is 4.39 Å². The van der Waals surface area contributed by atoms with Gasteiger partial charge >= 0.3 is 0 Å². The zero-order valence-electron chi connectivity index (χ0n) is 12.1. The molecule has 0 aromatic heterocycles. The van der Waals surface area contributed by atoms with Crippen LogP contribution in [-0.2, 0) is 5.41 Å². The fourth-order valence-corrected chi connectivity index (χ4v) is 2.36. The quantitative estimate of drug-likeness (QED) is 0.919. The first-order valence-electron chi connectivity index (χ1n) is 6.62. The third-order valence-corrected chi connectivity index (χ3v) is 3.84. The highest BCUT2D eigenvalue weighted by molar-refractivity contribution is 5.37. The van der Waals surface area contributed by atoms with Crippen LogP contribution in [0.15, 0.2) is 48.5 Å². The maximum atomic E-state index is 14.4. The van der Waals surface area contributed by atoms with Crippen LogP contribution >= 0.6 is 0 Å². The van der Waals surface area contributed by atoms with E-state index in [1.807, 2.05) is 44.2 Å². The van der Waals surface area contributed by atoms with Gasteiger partial charge in [0.25, 0.3) is 0 Å². The lowest BCUT2D eigenvalue weighted by Crippen LogP contribution is -2.33. The van der Waals surface area contributed by atoms with E-state index < -0.39 is 6.04 Å². The minimum atomic E-state index is -0.458. The van der Waals surface area contributed by atoms with Gasteiger partial charge in [-0.3, -0.25) is 0 Å². The Morgan fingerprint density at radius 3 is 2.30 bits per heavy atom. The van der Waals surface area contributed by atoms with Crippen LogP contribution in [0.2, 0.25) is 0 Å². The molecule has 0 aliphatic heterocycles. The molecule has 0 aliphatic rings. The molecular formula is C17H20FNO. The maximum absolute atomic E-state index is 14.4. The summed E-state index contributed by atoms with van der Waals surface area (Å²) in [6.45, 7) is 4.04. The highest BCUT2D eigenvalue weighted by atomic mass is 19.1. The van der Waals surface area contributed by atoms with Gasteiger partial charge < -0.3 is 10.5 Å². The number of benzene rings is 2. The minimum absolute atomic E-state index is 0.224. The van der Waals surface area contributed by atoms with Gasteiger partial charge in [0.05, 0.1) is 7.11 Å². The number of ether oxygens (including phenoxy) is 1. The van der Waals surface area contributed by atoms with Crippen LogP contribution in [0, 0.1) is 5.82 Å². The summed E-state index contributed by atoms with van der Waals surface area (Å²) in [5, 5.41) is 0. The zero-order valence-corrected chi connectivity index (χ0v) is 12.1. The van der Waals surface area contributed by atoms with E-state index in [1.165, 1.54) is 7.11 Å². The molecule has 2 aromatic carbocycles. The van der Waals surface area contributed by atoms with Crippen molar-refractivity contribution in [2.24, 2.45) is 5.73 Å². The number of methoxy groups -OCH3 is 1. The fourth-order valence-electron chi connectivity index (χ4n) is 2.36. The molecule has 0 heterocycles. The lowest BCUT2D eigenvalue weighted by atomic mass is 9.75. The molecule has 1 unspecified atom stereocenters. The standard InChI is InChI=1S/C17H20FNO/c1-17(2,12-8-5-4-6-9-12)16(19)13-10-7-11-14(20-3)15(13)18/h4-11,16H,19H2,1-3H3. The lowest BCUT2D eigenvalue weighted by molar-refractivity contribution is 0.368. The Labute approximate surface area is 119 Å². The summed E-state index contributed by atoms with van der Waals surface area (Å²) in [7, 11) is 1.45. The average Bonchev–Trinajstić information content (AvgIpc) is 2.47. The second-order valence-electron chi connectivity index (χ2n) is 5.43. The van der Waals surface area contributed by atoms with E-state index in [2.05, 4.69) is 0 Å². The summed E-state index contributed by atoms with van der Waals surface area (Å²) in [5.41, 5.74) is 7.50. The van der Waals surface area contributed by atoms with Crippen LogP contribution in [0.3, 0.4) is 0 Å². The van der Waals surface area contributed by atoms with Crippen LogP contribution in [0.25, 0.3) is 0 Å².